The predicted molar refractivity (Wildman–Crippen MR) is 128 cm³/mol. The number of aryl methyl sites for hydroxylation is 1. The van der Waals surface area contributed by atoms with Crippen molar-refractivity contribution in [2.45, 2.75) is 38.1 Å². The van der Waals surface area contributed by atoms with Crippen LogP contribution in [0, 0.1) is 24.0 Å². The number of carbonyl (C=O) groups is 1. The SMILES string of the molecule is Cc1cc(C(=O)COc2ccc(S(=O)(=O)N3CCCC3)cc2[N+](=O)[O-])c(C)n1Cc1cccs1. The Hall–Kier alpha value is -3.02. The van der Waals surface area contributed by atoms with Crippen LogP contribution in [0.2, 0.25) is 0 Å². The van der Waals surface area contributed by atoms with Crippen LogP contribution in [0.4, 0.5) is 5.69 Å². The first-order valence-electron chi connectivity index (χ1n) is 10.8. The van der Waals surface area contributed by atoms with Crippen LogP contribution >= 0.6 is 11.3 Å². The third kappa shape index (κ3) is 4.77. The molecule has 4 rings (SSSR count). The van der Waals surface area contributed by atoms with Crippen molar-refractivity contribution >= 4 is 32.8 Å². The van der Waals surface area contributed by atoms with Crippen LogP contribution in [-0.2, 0) is 16.6 Å². The van der Waals surface area contributed by atoms with E-state index in [-0.39, 0.29) is 16.4 Å². The number of carbonyl (C=O) groups excluding carboxylic acids is 1. The Labute approximate surface area is 201 Å². The van der Waals surface area contributed by atoms with Gasteiger partial charge in [0.05, 0.1) is 16.4 Å². The molecule has 3 heterocycles. The van der Waals surface area contributed by atoms with Crippen LogP contribution in [-0.4, -0.2) is 47.7 Å². The number of nitrogens with zero attached hydrogens (tertiary/aromatic N) is 3. The van der Waals surface area contributed by atoms with E-state index in [1.54, 1.807) is 17.4 Å². The Morgan fingerprint density at radius 3 is 2.56 bits per heavy atom. The number of rotatable bonds is 9. The van der Waals surface area contributed by atoms with Crippen molar-refractivity contribution in [2.24, 2.45) is 0 Å². The third-order valence-corrected chi connectivity index (χ3v) is 8.71. The van der Waals surface area contributed by atoms with Gasteiger partial charge in [-0.2, -0.15) is 4.31 Å². The minimum atomic E-state index is -3.81. The standard InChI is InChI=1S/C23H25N3O6S2/c1-16-12-20(17(2)25(16)14-18-6-5-11-33-18)22(27)15-32-23-8-7-19(13-21(23)26(28)29)34(30,31)24-9-3-4-10-24/h5-8,11-13H,3-4,9-10,14-15H2,1-2H3. The first-order chi connectivity index (χ1) is 16.2. The first kappa shape index (κ1) is 24.1. The Morgan fingerprint density at radius 2 is 1.91 bits per heavy atom. The summed E-state index contributed by atoms with van der Waals surface area (Å²) in [6.45, 7) is 4.82. The van der Waals surface area contributed by atoms with Crippen LogP contribution in [0.3, 0.4) is 0 Å². The molecule has 1 aromatic carbocycles. The molecule has 0 N–H and O–H groups in total. The summed E-state index contributed by atoms with van der Waals surface area (Å²) in [6, 6.07) is 9.32. The zero-order valence-corrected chi connectivity index (χ0v) is 20.5. The highest BCUT2D eigenvalue weighted by molar-refractivity contribution is 7.89. The van der Waals surface area contributed by atoms with Gasteiger partial charge < -0.3 is 9.30 Å². The number of hydrogen-bond acceptors (Lipinski definition) is 7. The molecule has 0 aliphatic carbocycles. The zero-order chi connectivity index (χ0) is 24.5. The lowest BCUT2D eigenvalue weighted by molar-refractivity contribution is -0.386. The summed E-state index contributed by atoms with van der Waals surface area (Å²) in [5.74, 6) is -0.459. The number of benzene rings is 1. The Balaban J connectivity index is 1.52. The summed E-state index contributed by atoms with van der Waals surface area (Å²) in [7, 11) is -3.81. The highest BCUT2D eigenvalue weighted by Gasteiger charge is 2.30. The molecule has 1 aliphatic rings. The largest absolute Gasteiger partial charge is 0.478 e. The second-order valence-corrected chi connectivity index (χ2v) is 11.1. The van der Waals surface area contributed by atoms with Crippen molar-refractivity contribution in [3.05, 3.63) is 73.7 Å². The summed E-state index contributed by atoms with van der Waals surface area (Å²) in [6.07, 6.45) is 1.52. The van der Waals surface area contributed by atoms with Crippen molar-refractivity contribution in [2.75, 3.05) is 19.7 Å². The van der Waals surface area contributed by atoms with E-state index in [0.717, 1.165) is 35.2 Å². The van der Waals surface area contributed by atoms with E-state index >= 15 is 0 Å². The number of aromatic nitrogens is 1. The maximum absolute atomic E-state index is 12.9. The topological polar surface area (TPSA) is 112 Å². The lowest BCUT2D eigenvalue weighted by Gasteiger charge is -2.15. The number of nitro benzene ring substituents is 1. The van der Waals surface area contributed by atoms with Crippen molar-refractivity contribution < 1.29 is 22.9 Å². The van der Waals surface area contributed by atoms with E-state index in [1.807, 2.05) is 35.9 Å². The van der Waals surface area contributed by atoms with Gasteiger partial charge in [0.1, 0.15) is 0 Å². The van der Waals surface area contributed by atoms with E-state index in [2.05, 4.69) is 0 Å². The highest BCUT2D eigenvalue weighted by atomic mass is 32.2. The van der Waals surface area contributed by atoms with Gasteiger partial charge >= 0.3 is 5.69 Å². The van der Waals surface area contributed by atoms with E-state index in [0.29, 0.717) is 25.2 Å². The molecule has 0 saturated carbocycles. The molecule has 0 spiro atoms. The van der Waals surface area contributed by atoms with Gasteiger partial charge in [-0.3, -0.25) is 14.9 Å². The van der Waals surface area contributed by atoms with E-state index in [9.17, 15) is 23.3 Å². The molecule has 3 aromatic rings. The van der Waals surface area contributed by atoms with Gasteiger partial charge in [-0.25, -0.2) is 8.42 Å². The number of thiophene rings is 1. The summed E-state index contributed by atoms with van der Waals surface area (Å²) in [5, 5.41) is 13.6. The Morgan fingerprint density at radius 1 is 1.18 bits per heavy atom. The molecule has 0 radical (unpaired) electrons. The average Bonchev–Trinajstić information content (AvgIpc) is 3.57. The van der Waals surface area contributed by atoms with Gasteiger partial charge in [-0.1, -0.05) is 6.07 Å². The normalized spacial score (nSPS) is 14.4. The van der Waals surface area contributed by atoms with Gasteiger partial charge in [-0.15, -0.1) is 11.3 Å². The minimum absolute atomic E-state index is 0.147. The third-order valence-electron chi connectivity index (χ3n) is 5.96. The number of hydrogen-bond donors (Lipinski definition) is 0. The summed E-state index contributed by atoms with van der Waals surface area (Å²) in [5.41, 5.74) is 1.72. The molecular formula is C23H25N3O6S2. The molecule has 0 atom stereocenters. The predicted octanol–water partition coefficient (Wildman–Crippen LogP) is 4.17. The van der Waals surface area contributed by atoms with Gasteiger partial charge in [0.2, 0.25) is 15.8 Å². The van der Waals surface area contributed by atoms with Gasteiger partial charge in [-0.05, 0) is 56.3 Å². The first-order valence-corrected chi connectivity index (χ1v) is 13.1. The van der Waals surface area contributed by atoms with Crippen molar-refractivity contribution in [1.29, 1.82) is 0 Å². The highest BCUT2D eigenvalue weighted by Crippen LogP contribution is 2.32. The number of ether oxygens (including phenoxy) is 1. The number of sulfonamides is 1. The smallest absolute Gasteiger partial charge is 0.312 e. The van der Waals surface area contributed by atoms with Crippen LogP contribution in [0.15, 0.2) is 46.7 Å². The maximum atomic E-state index is 12.9. The lowest BCUT2D eigenvalue weighted by atomic mass is 10.1. The van der Waals surface area contributed by atoms with Crippen molar-refractivity contribution in [3.63, 3.8) is 0 Å². The van der Waals surface area contributed by atoms with Crippen LogP contribution < -0.4 is 4.74 Å². The monoisotopic (exact) mass is 503 g/mol. The second-order valence-electron chi connectivity index (χ2n) is 8.16. The van der Waals surface area contributed by atoms with Crippen molar-refractivity contribution in [3.8, 4) is 5.75 Å². The summed E-state index contributed by atoms with van der Waals surface area (Å²) < 4.78 is 34.4. The van der Waals surface area contributed by atoms with Crippen LogP contribution in [0.5, 0.6) is 5.75 Å². The molecule has 1 aliphatic heterocycles. The second kappa shape index (κ2) is 9.69. The summed E-state index contributed by atoms with van der Waals surface area (Å²) in [4.78, 5) is 24.8. The van der Waals surface area contributed by atoms with Crippen LogP contribution in [0.25, 0.3) is 0 Å². The number of nitro groups is 1. The minimum Gasteiger partial charge on any atom is -0.478 e. The Kier molecular flexibility index (Phi) is 6.87. The molecule has 0 unspecified atom stereocenters. The molecule has 34 heavy (non-hydrogen) atoms. The van der Waals surface area contributed by atoms with E-state index in [4.69, 9.17) is 4.74 Å². The average molecular weight is 504 g/mol. The maximum Gasteiger partial charge on any atom is 0.312 e. The molecule has 11 heteroatoms. The van der Waals surface area contributed by atoms with E-state index < -0.39 is 27.2 Å². The molecule has 0 bridgehead atoms. The van der Waals surface area contributed by atoms with Gasteiger partial charge in [0.15, 0.2) is 12.4 Å². The fraction of sp³-hybridized carbons (Fsp3) is 0.348. The number of Topliss-reactive ketones (excluding diaryl/α,β-unsaturated/α-hetero) is 1. The molecular weight excluding hydrogens is 478 g/mol. The van der Waals surface area contributed by atoms with Gasteiger partial charge in [0, 0.05) is 41.0 Å². The quantitative estimate of drug-likeness (QED) is 0.246. The van der Waals surface area contributed by atoms with Crippen molar-refractivity contribution in [1.82, 2.24) is 8.87 Å². The number of ketones is 1. The van der Waals surface area contributed by atoms with Gasteiger partial charge in [0.25, 0.3) is 0 Å². The fourth-order valence-corrected chi connectivity index (χ4v) is 6.34. The van der Waals surface area contributed by atoms with E-state index in [1.165, 1.54) is 16.4 Å². The zero-order valence-electron chi connectivity index (χ0n) is 18.9. The molecule has 2 aromatic heterocycles. The molecule has 1 saturated heterocycles. The fourth-order valence-electron chi connectivity index (χ4n) is 4.11. The molecule has 9 nitrogen and oxygen atoms in total. The lowest BCUT2D eigenvalue weighted by Crippen LogP contribution is -2.27. The summed E-state index contributed by atoms with van der Waals surface area (Å²) >= 11 is 1.64. The Bertz CT molecular complexity index is 1320. The molecule has 0 amide bonds. The van der Waals surface area contributed by atoms with Crippen LogP contribution in [0.1, 0.15) is 39.5 Å². The molecule has 1 fully saturated rings. The molecule has 180 valence electrons.